The molecule has 3 saturated heterocycles. The smallest absolute Gasteiger partial charge is 0.0350 e. The van der Waals surface area contributed by atoms with Crippen LogP contribution in [0.4, 0.5) is 0 Å². The summed E-state index contributed by atoms with van der Waals surface area (Å²) in [6.07, 6.45) is 5.87. The topological polar surface area (TPSA) is 9.72 Å². The molecule has 0 radical (unpaired) electrons. The van der Waals surface area contributed by atoms with Gasteiger partial charge in [-0.1, -0.05) is 6.92 Å². The molecule has 3 heteroatoms. The first-order chi connectivity index (χ1) is 9.13. The number of rotatable bonds is 2. The fraction of sp³-hybridized carbons (Fsp3) is 1.00. The number of nitrogens with zero attached hydrogens (tertiary/aromatic N) is 3. The van der Waals surface area contributed by atoms with Crippen molar-refractivity contribution in [2.45, 2.75) is 44.7 Å². The molecule has 0 N–H and O–H groups in total. The van der Waals surface area contributed by atoms with Gasteiger partial charge in [-0.05, 0) is 57.2 Å². The average Bonchev–Trinajstić information content (AvgIpc) is 2.25. The van der Waals surface area contributed by atoms with Crippen LogP contribution in [-0.4, -0.2) is 73.1 Å². The third kappa shape index (κ3) is 2.14. The van der Waals surface area contributed by atoms with Gasteiger partial charge >= 0.3 is 0 Å². The first-order valence-electron chi connectivity index (χ1n) is 8.30. The molecule has 0 amide bonds. The second-order valence-corrected chi connectivity index (χ2v) is 8.06. The zero-order valence-electron chi connectivity index (χ0n) is 12.6. The molecule has 4 aliphatic rings. The van der Waals surface area contributed by atoms with Crippen molar-refractivity contribution >= 4 is 0 Å². The van der Waals surface area contributed by atoms with Gasteiger partial charge in [-0.25, -0.2) is 0 Å². The monoisotopic (exact) mass is 263 g/mol. The Kier molecular flexibility index (Phi) is 2.95. The lowest BCUT2D eigenvalue weighted by Gasteiger charge is -2.64. The standard InChI is InChI=1S/C16H29N3/c1-13-3-5-18(6-4-13)14-7-16(8-14)11-19(12-16)15-9-17(2)10-15/h13-15H,3-12H2,1-2H3. The van der Waals surface area contributed by atoms with Gasteiger partial charge in [0.15, 0.2) is 0 Å². The highest BCUT2D eigenvalue weighted by molar-refractivity contribution is 5.10. The van der Waals surface area contributed by atoms with E-state index < -0.39 is 0 Å². The number of hydrogen-bond acceptors (Lipinski definition) is 3. The minimum absolute atomic E-state index is 0.752. The van der Waals surface area contributed by atoms with Crippen LogP contribution in [0.2, 0.25) is 0 Å². The van der Waals surface area contributed by atoms with Crippen molar-refractivity contribution in [2.75, 3.05) is 46.3 Å². The highest BCUT2D eigenvalue weighted by Gasteiger charge is 2.55. The molecule has 108 valence electrons. The third-order valence-corrected chi connectivity index (χ3v) is 6.31. The lowest BCUT2D eigenvalue weighted by Crippen LogP contribution is -2.72. The van der Waals surface area contributed by atoms with Crippen LogP contribution in [0.3, 0.4) is 0 Å². The van der Waals surface area contributed by atoms with E-state index in [2.05, 4.69) is 28.7 Å². The average molecular weight is 263 g/mol. The first kappa shape index (κ1) is 12.6. The van der Waals surface area contributed by atoms with Crippen LogP contribution < -0.4 is 0 Å². The lowest BCUT2D eigenvalue weighted by molar-refractivity contribution is -0.146. The van der Waals surface area contributed by atoms with E-state index in [0.29, 0.717) is 0 Å². The van der Waals surface area contributed by atoms with Crippen LogP contribution in [-0.2, 0) is 0 Å². The van der Waals surface area contributed by atoms with E-state index in [9.17, 15) is 0 Å². The molecule has 4 rings (SSSR count). The lowest BCUT2D eigenvalue weighted by atomic mass is 9.59. The molecule has 3 nitrogen and oxygen atoms in total. The Labute approximate surface area is 117 Å². The minimum Gasteiger partial charge on any atom is -0.303 e. The van der Waals surface area contributed by atoms with E-state index in [1.165, 1.54) is 65.0 Å². The summed E-state index contributed by atoms with van der Waals surface area (Å²) in [4.78, 5) is 7.98. The van der Waals surface area contributed by atoms with E-state index >= 15 is 0 Å². The van der Waals surface area contributed by atoms with Crippen LogP contribution >= 0.6 is 0 Å². The van der Waals surface area contributed by atoms with Crippen LogP contribution in [0.5, 0.6) is 0 Å². The Morgan fingerprint density at radius 1 is 0.895 bits per heavy atom. The number of likely N-dealkylation sites (tertiary alicyclic amines) is 3. The summed E-state index contributed by atoms with van der Waals surface area (Å²) < 4.78 is 0. The minimum atomic E-state index is 0.752. The van der Waals surface area contributed by atoms with Crippen LogP contribution in [0.25, 0.3) is 0 Å². The highest BCUT2D eigenvalue weighted by Crippen LogP contribution is 2.51. The molecule has 1 spiro atoms. The van der Waals surface area contributed by atoms with Gasteiger partial charge in [0, 0.05) is 38.3 Å². The van der Waals surface area contributed by atoms with Gasteiger partial charge < -0.3 is 9.80 Å². The summed E-state index contributed by atoms with van der Waals surface area (Å²) >= 11 is 0. The van der Waals surface area contributed by atoms with Crippen molar-refractivity contribution in [1.29, 1.82) is 0 Å². The normalized spacial score (nSPS) is 35.1. The third-order valence-electron chi connectivity index (χ3n) is 6.31. The molecule has 19 heavy (non-hydrogen) atoms. The molecular formula is C16H29N3. The second kappa shape index (κ2) is 4.44. The summed E-state index contributed by atoms with van der Waals surface area (Å²) in [5, 5.41) is 0. The molecule has 0 aromatic heterocycles. The van der Waals surface area contributed by atoms with Crippen molar-refractivity contribution in [3.8, 4) is 0 Å². The van der Waals surface area contributed by atoms with Gasteiger partial charge in [-0.2, -0.15) is 0 Å². The van der Waals surface area contributed by atoms with Gasteiger partial charge in [-0.15, -0.1) is 0 Å². The fourth-order valence-corrected chi connectivity index (χ4v) is 4.82. The summed E-state index contributed by atoms with van der Waals surface area (Å²) in [5.74, 6) is 0.972. The van der Waals surface area contributed by atoms with Crippen LogP contribution in [0.15, 0.2) is 0 Å². The Hall–Kier alpha value is -0.120. The maximum Gasteiger partial charge on any atom is 0.0350 e. The largest absolute Gasteiger partial charge is 0.303 e. The molecule has 0 aromatic carbocycles. The predicted molar refractivity (Wildman–Crippen MR) is 78.3 cm³/mol. The fourth-order valence-electron chi connectivity index (χ4n) is 4.82. The molecule has 1 aliphatic carbocycles. The summed E-state index contributed by atoms with van der Waals surface area (Å²) in [6.45, 7) is 10.6. The molecule has 0 aromatic rings. The van der Waals surface area contributed by atoms with Crippen molar-refractivity contribution < 1.29 is 0 Å². The summed E-state index contributed by atoms with van der Waals surface area (Å²) in [6, 6.07) is 1.84. The maximum atomic E-state index is 2.80. The molecule has 0 unspecified atom stereocenters. The predicted octanol–water partition coefficient (Wildman–Crippen LogP) is 1.50. The molecule has 3 heterocycles. The molecule has 0 bridgehead atoms. The first-order valence-corrected chi connectivity index (χ1v) is 8.30. The van der Waals surface area contributed by atoms with Gasteiger partial charge in [-0.3, -0.25) is 4.90 Å². The molecule has 3 aliphatic heterocycles. The van der Waals surface area contributed by atoms with E-state index in [4.69, 9.17) is 0 Å². The Morgan fingerprint density at radius 3 is 2.11 bits per heavy atom. The van der Waals surface area contributed by atoms with Crippen molar-refractivity contribution in [2.24, 2.45) is 11.3 Å². The van der Waals surface area contributed by atoms with E-state index in [1.807, 2.05) is 0 Å². The summed E-state index contributed by atoms with van der Waals surface area (Å²) in [5.41, 5.74) is 0.752. The zero-order valence-corrected chi connectivity index (χ0v) is 12.6. The van der Waals surface area contributed by atoms with Gasteiger partial charge in [0.2, 0.25) is 0 Å². The van der Waals surface area contributed by atoms with Gasteiger partial charge in [0.25, 0.3) is 0 Å². The Morgan fingerprint density at radius 2 is 1.53 bits per heavy atom. The van der Waals surface area contributed by atoms with E-state index in [-0.39, 0.29) is 0 Å². The zero-order chi connectivity index (χ0) is 13.0. The SMILES string of the molecule is CC1CCN(C2CC3(C2)CN(C2CN(C)C2)C3)CC1. The Bertz CT molecular complexity index is 328. The van der Waals surface area contributed by atoms with Crippen LogP contribution in [0, 0.1) is 11.3 Å². The maximum absolute atomic E-state index is 2.80. The number of likely N-dealkylation sites (N-methyl/N-ethyl adjacent to an activating group) is 1. The van der Waals surface area contributed by atoms with Crippen LogP contribution in [0.1, 0.15) is 32.6 Å². The second-order valence-electron chi connectivity index (χ2n) is 8.06. The molecule has 1 saturated carbocycles. The highest BCUT2D eigenvalue weighted by atomic mass is 15.3. The van der Waals surface area contributed by atoms with Crippen molar-refractivity contribution in [3.05, 3.63) is 0 Å². The number of piperidine rings is 1. The molecule has 4 fully saturated rings. The van der Waals surface area contributed by atoms with Gasteiger partial charge in [0.05, 0.1) is 0 Å². The van der Waals surface area contributed by atoms with Crippen molar-refractivity contribution in [3.63, 3.8) is 0 Å². The van der Waals surface area contributed by atoms with Gasteiger partial charge in [0.1, 0.15) is 0 Å². The van der Waals surface area contributed by atoms with E-state index in [1.54, 1.807) is 0 Å². The molecular weight excluding hydrogens is 234 g/mol. The Balaban J connectivity index is 1.21. The van der Waals surface area contributed by atoms with E-state index in [0.717, 1.165) is 23.4 Å². The quantitative estimate of drug-likeness (QED) is 0.747. The number of hydrogen-bond donors (Lipinski definition) is 0. The van der Waals surface area contributed by atoms with Crippen molar-refractivity contribution in [1.82, 2.24) is 14.7 Å². The summed E-state index contributed by atoms with van der Waals surface area (Å²) in [7, 11) is 2.24. The molecule has 0 atom stereocenters.